The molecule has 4 heteroatoms. The number of rotatable bonds is 4. The standard InChI is InChI=1S/C6H11FO2.Cu/c1-2-3-4-5-6(8)9-7;/h2-5H2,1H3;. The van der Waals surface area contributed by atoms with Gasteiger partial charge in [-0.15, -0.1) is 0 Å². The zero-order chi connectivity index (χ0) is 7.11. The molecule has 0 fully saturated rings. The monoisotopic (exact) mass is 197 g/mol. The van der Waals surface area contributed by atoms with Gasteiger partial charge < -0.3 is 0 Å². The number of hydrogen-bond acceptors (Lipinski definition) is 2. The Morgan fingerprint density at radius 3 is 2.50 bits per heavy atom. The Morgan fingerprint density at radius 2 is 2.10 bits per heavy atom. The van der Waals surface area contributed by atoms with Crippen molar-refractivity contribution >= 4 is 5.97 Å². The largest absolute Gasteiger partial charge is 0.348 e. The molecule has 0 rings (SSSR count). The van der Waals surface area contributed by atoms with Gasteiger partial charge >= 0.3 is 5.97 Å². The summed E-state index contributed by atoms with van der Waals surface area (Å²) in [5.41, 5.74) is 0. The average molecular weight is 198 g/mol. The van der Waals surface area contributed by atoms with Crippen LogP contribution in [0.25, 0.3) is 0 Å². The fraction of sp³-hybridized carbons (Fsp3) is 0.833. The van der Waals surface area contributed by atoms with Crippen molar-refractivity contribution in [3.05, 3.63) is 0 Å². The Labute approximate surface area is 70.5 Å². The summed E-state index contributed by atoms with van der Waals surface area (Å²) in [6.45, 7) is 2.01. The molecule has 0 unspecified atom stereocenters. The van der Waals surface area contributed by atoms with Gasteiger partial charge in [0.1, 0.15) is 0 Å². The summed E-state index contributed by atoms with van der Waals surface area (Å²) in [4.78, 5) is 13.0. The van der Waals surface area contributed by atoms with E-state index < -0.39 is 5.97 Å². The van der Waals surface area contributed by atoms with Crippen LogP contribution in [0.1, 0.15) is 32.6 Å². The fourth-order valence-corrected chi connectivity index (χ4v) is 0.558. The van der Waals surface area contributed by atoms with Crippen LogP contribution >= 0.6 is 0 Å². The van der Waals surface area contributed by atoms with Crippen LogP contribution in [0.2, 0.25) is 0 Å². The zero-order valence-electron chi connectivity index (χ0n) is 5.82. The van der Waals surface area contributed by atoms with Gasteiger partial charge in [-0.25, -0.2) is 4.79 Å². The predicted molar refractivity (Wildman–Crippen MR) is 31.3 cm³/mol. The summed E-state index contributed by atoms with van der Waals surface area (Å²) in [5.74, 6) is -0.761. The van der Waals surface area contributed by atoms with Crippen LogP contribution in [0.5, 0.6) is 0 Å². The minimum Gasteiger partial charge on any atom is -0.255 e. The molecular weight excluding hydrogens is 187 g/mol. The first kappa shape index (κ1) is 12.6. The number of carbonyl (C=O) groups is 1. The van der Waals surface area contributed by atoms with Crippen molar-refractivity contribution < 1.29 is 31.3 Å². The van der Waals surface area contributed by atoms with E-state index in [9.17, 15) is 9.32 Å². The third kappa shape index (κ3) is 7.92. The molecule has 0 spiro atoms. The molecular formula is C6H11CuFO2. The summed E-state index contributed by atoms with van der Waals surface area (Å²) in [7, 11) is 0. The molecule has 0 saturated heterocycles. The van der Waals surface area contributed by atoms with Crippen molar-refractivity contribution in [3.8, 4) is 0 Å². The fourth-order valence-electron chi connectivity index (χ4n) is 0.558. The summed E-state index contributed by atoms with van der Waals surface area (Å²) < 4.78 is 11.0. The SMILES string of the molecule is CCCCCC(=O)OF.[Cu]. The predicted octanol–water partition coefficient (Wildman–Crippen LogP) is 1.99. The van der Waals surface area contributed by atoms with Crippen molar-refractivity contribution in [1.29, 1.82) is 0 Å². The molecule has 0 aromatic rings. The van der Waals surface area contributed by atoms with Crippen LogP contribution in [0.15, 0.2) is 0 Å². The van der Waals surface area contributed by atoms with Gasteiger partial charge in [0.25, 0.3) is 0 Å². The van der Waals surface area contributed by atoms with Crippen LogP contribution in [0.4, 0.5) is 4.53 Å². The summed E-state index contributed by atoms with van der Waals surface area (Å²) in [5, 5.41) is 0. The normalized spacial score (nSPS) is 8.20. The molecule has 0 aromatic carbocycles. The topological polar surface area (TPSA) is 26.3 Å². The first-order valence-electron chi connectivity index (χ1n) is 3.12. The Kier molecular flexibility index (Phi) is 11.2. The van der Waals surface area contributed by atoms with E-state index in [1.807, 2.05) is 6.92 Å². The molecule has 0 atom stereocenters. The van der Waals surface area contributed by atoms with E-state index in [1.54, 1.807) is 0 Å². The minimum atomic E-state index is -0.761. The molecule has 1 radical (unpaired) electrons. The summed E-state index contributed by atoms with van der Waals surface area (Å²) >= 11 is 0. The van der Waals surface area contributed by atoms with Gasteiger partial charge in [0.2, 0.25) is 0 Å². The molecule has 0 aliphatic heterocycles. The smallest absolute Gasteiger partial charge is 0.255 e. The van der Waals surface area contributed by atoms with Crippen molar-refractivity contribution in [2.75, 3.05) is 0 Å². The molecule has 2 nitrogen and oxygen atoms in total. The number of unbranched alkanes of at least 4 members (excludes halogenated alkanes) is 2. The third-order valence-corrected chi connectivity index (χ3v) is 1.07. The second-order valence-electron chi connectivity index (χ2n) is 1.91. The van der Waals surface area contributed by atoms with Gasteiger partial charge in [-0.2, -0.15) is 0 Å². The molecule has 0 N–H and O–H groups in total. The maximum absolute atomic E-state index is 11.0. The molecule has 0 aliphatic carbocycles. The minimum absolute atomic E-state index is 0. The number of halogens is 1. The first-order chi connectivity index (χ1) is 4.31. The van der Waals surface area contributed by atoms with Crippen molar-refractivity contribution in [1.82, 2.24) is 0 Å². The maximum Gasteiger partial charge on any atom is 0.348 e. The van der Waals surface area contributed by atoms with E-state index in [0.717, 1.165) is 19.3 Å². The van der Waals surface area contributed by atoms with E-state index in [-0.39, 0.29) is 23.5 Å². The van der Waals surface area contributed by atoms with E-state index in [4.69, 9.17) is 0 Å². The van der Waals surface area contributed by atoms with E-state index in [1.165, 1.54) is 0 Å². The number of carbonyl (C=O) groups excluding carboxylic acids is 1. The van der Waals surface area contributed by atoms with Gasteiger partial charge in [0.05, 0.1) is 0 Å². The second kappa shape index (κ2) is 8.92. The van der Waals surface area contributed by atoms with Crippen LogP contribution < -0.4 is 0 Å². The Bertz CT molecular complexity index is 87.8. The van der Waals surface area contributed by atoms with E-state index in [0.29, 0.717) is 0 Å². The average Bonchev–Trinajstić information content (AvgIpc) is 1.89. The molecule has 10 heavy (non-hydrogen) atoms. The zero-order valence-corrected chi connectivity index (χ0v) is 6.77. The van der Waals surface area contributed by atoms with Gasteiger partial charge in [-0.1, -0.05) is 19.8 Å². The Morgan fingerprint density at radius 1 is 1.50 bits per heavy atom. The number of hydrogen-bond donors (Lipinski definition) is 0. The van der Waals surface area contributed by atoms with Crippen LogP contribution in [0.3, 0.4) is 0 Å². The van der Waals surface area contributed by atoms with Crippen molar-refractivity contribution in [2.45, 2.75) is 32.6 Å². The van der Waals surface area contributed by atoms with Gasteiger partial charge in [-0.05, 0) is 6.42 Å². The quantitative estimate of drug-likeness (QED) is 0.509. The molecule has 0 amide bonds. The molecule has 0 saturated carbocycles. The van der Waals surface area contributed by atoms with Gasteiger partial charge in [0, 0.05) is 28.0 Å². The maximum atomic E-state index is 11.0. The van der Waals surface area contributed by atoms with Crippen molar-refractivity contribution in [2.24, 2.45) is 0 Å². The van der Waals surface area contributed by atoms with E-state index >= 15 is 0 Å². The van der Waals surface area contributed by atoms with Crippen LogP contribution in [-0.4, -0.2) is 5.97 Å². The van der Waals surface area contributed by atoms with E-state index in [2.05, 4.69) is 4.94 Å². The summed E-state index contributed by atoms with van der Waals surface area (Å²) in [6.07, 6.45) is 2.90. The third-order valence-electron chi connectivity index (χ3n) is 1.07. The van der Waals surface area contributed by atoms with Gasteiger partial charge in [-0.3, -0.25) is 4.94 Å². The molecule has 0 aliphatic rings. The Balaban J connectivity index is 0. The molecule has 65 valence electrons. The molecule has 0 heterocycles. The van der Waals surface area contributed by atoms with Crippen LogP contribution in [-0.2, 0) is 26.8 Å². The molecule has 0 aromatic heterocycles. The Hall–Kier alpha value is -0.0805. The van der Waals surface area contributed by atoms with Gasteiger partial charge in [0.15, 0.2) is 0 Å². The first-order valence-corrected chi connectivity index (χ1v) is 3.12. The summed E-state index contributed by atoms with van der Waals surface area (Å²) in [6, 6.07) is 0. The molecule has 0 bridgehead atoms. The van der Waals surface area contributed by atoms with Crippen LogP contribution in [0, 0.1) is 0 Å². The second-order valence-corrected chi connectivity index (χ2v) is 1.91. The van der Waals surface area contributed by atoms with Crippen molar-refractivity contribution in [3.63, 3.8) is 0 Å².